The highest BCUT2D eigenvalue weighted by Crippen LogP contribution is 2.32. The fraction of sp³-hybridized carbons (Fsp3) is 0.611. The van der Waals surface area contributed by atoms with E-state index in [1.54, 1.807) is 18.2 Å². The van der Waals surface area contributed by atoms with Gasteiger partial charge < -0.3 is 15.2 Å². The van der Waals surface area contributed by atoms with E-state index < -0.39 is 0 Å². The van der Waals surface area contributed by atoms with E-state index in [1.807, 2.05) is 0 Å². The first-order valence-corrected chi connectivity index (χ1v) is 8.65. The second-order valence-corrected chi connectivity index (χ2v) is 6.64. The molecule has 3 rings (SSSR count). The number of carbonyl (C=O) groups is 1. The van der Waals surface area contributed by atoms with Gasteiger partial charge in [0.15, 0.2) is 0 Å². The lowest BCUT2D eigenvalue weighted by Crippen LogP contribution is -2.53. The van der Waals surface area contributed by atoms with Crippen LogP contribution in [0.2, 0.25) is 0 Å². The molecule has 0 aromatic heterocycles. The van der Waals surface area contributed by atoms with Crippen LogP contribution < -0.4 is 5.32 Å². The van der Waals surface area contributed by atoms with Crippen molar-refractivity contribution < 1.29 is 19.0 Å². The molecule has 6 heteroatoms. The molecule has 1 aliphatic carbocycles. The summed E-state index contributed by atoms with van der Waals surface area (Å²) in [6.45, 7) is 2.28. The van der Waals surface area contributed by atoms with E-state index >= 15 is 0 Å². The summed E-state index contributed by atoms with van der Waals surface area (Å²) in [7, 11) is 0. The number of halogens is 1. The van der Waals surface area contributed by atoms with Crippen LogP contribution in [-0.2, 0) is 16.1 Å². The van der Waals surface area contributed by atoms with Crippen molar-refractivity contribution in [3.8, 4) is 0 Å². The molecule has 24 heavy (non-hydrogen) atoms. The van der Waals surface area contributed by atoms with Crippen LogP contribution >= 0.6 is 0 Å². The summed E-state index contributed by atoms with van der Waals surface area (Å²) in [4.78, 5) is 14.4. The summed E-state index contributed by atoms with van der Waals surface area (Å²) in [6.07, 6.45) is 2.52. The predicted molar refractivity (Wildman–Crippen MR) is 87.8 cm³/mol. The van der Waals surface area contributed by atoms with E-state index in [-0.39, 0.29) is 42.9 Å². The van der Waals surface area contributed by atoms with E-state index in [4.69, 9.17) is 4.74 Å². The van der Waals surface area contributed by atoms with Gasteiger partial charge in [0.25, 0.3) is 0 Å². The number of ether oxygens (including phenoxy) is 1. The van der Waals surface area contributed by atoms with Gasteiger partial charge in [-0.05, 0) is 18.9 Å². The SMILES string of the molecule is O=C(CN1CCOC[C@@H]1[C@@H]1CCC[C@H]1O)NCc1ccccc1F. The van der Waals surface area contributed by atoms with Crippen LogP contribution in [0.15, 0.2) is 24.3 Å². The zero-order valence-corrected chi connectivity index (χ0v) is 13.8. The molecule has 1 amide bonds. The second kappa shape index (κ2) is 8.05. The standard InChI is InChI=1S/C18H25FN2O3/c19-15-6-2-1-4-13(15)10-20-18(23)11-21-8-9-24-12-16(21)14-5-3-7-17(14)22/h1-2,4,6,14,16-17,22H,3,5,7-12H2,(H,20,23)/t14-,16+,17+/m0/s1. The molecule has 2 aliphatic rings. The van der Waals surface area contributed by atoms with Gasteiger partial charge >= 0.3 is 0 Å². The van der Waals surface area contributed by atoms with Gasteiger partial charge in [0.05, 0.1) is 25.9 Å². The molecule has 132 valence electrons. The maximum atomic E-state index is 13.6. The normalized spacial score (nSPS) is 28.0. The number of benzene rings is 1. The van der Waals surface area contributed by atoms with Crippen LogP contribution in [0.4, 0.5) is 4.39 Å². The summed E-state index contributed by atoms with van der Waals surface area (Å²) in [5, 5.41) is 12.9. The molecule has 1 heterocycles. The number of nitrogens with zero attached hydrogens (tertiary/aromatic N) is 1. The summed E-state index contributed by atoms with van der Waals surface area (Å²) in [5.41, 5.74) is 0.482. The third-order valence-corrected chi connectivity index (χ3v) is 5.09. The number of carbonyl (C=O) groups excluding carboxylic acids is 1. The van der Waals surface area contributed by atoms with E-state index in [0.717, 1.165) is 19.3 Å². The zero-order chi connectivity index (χ0) is 16.9. The lowest BCUT2D eigenvalue weighted by Gasteiger charge is -2.39. The average molecular weight is 336 g/mol. The Kier molecular flexibility index (Phi) is 5.81. The first-order valence-electron chi connectivity index (χ1n) is 8.65. The minimum atomic E-state index is -0.309. The first kappa shape index (κ1) is 17.3. The number of hydrogen-bond donors (Lipinski definition) is 2. The smallest absolute Gasteiger partial charge is 0.234 e. The first-order chi connectivity index (χ1) is 11.6. The molecular weight excluding hydrogens is 311 g/mol. The molecule has 0 radical (unpaired) electrons. The number of morpholine rings is 1. The number of aliphatic hydroxyl groups excluding tert-OH is 1. The van der Waals surface area contributed by atoms with Gasteiger partial charge in [-0.2, -0.15) is 0 Å². The topological polar surface area (TPSA) is 61.8 Å². The van der Waals surface area contributed by atoms with Crippen LogP contribution in [0.5, 0.6) is 0 Å². The summed E-state index contributed by atoms with van der Waals surface area (Å²) < 4.78 is 19.2. The Balaban J connectivity index is 1.54. The minimum Gasteiger partial charge on any atom is -0.393 e. The molecule has 3 atom stereocenters. The Morgan fingerprint density at radius 1 is 1.38 bits per heavy atom. The maximum Gasteiger partial charge on any atom is 0.234 e. The van der Waals surface area contributed by atoms with Gasteiger partial charge in [0.1, 0.15) is 5.82 Å². The molecule has 1 aliphatic heterocycles. The molecule has 1 saturated carbocycles. The van der Waals surface area contributed by atoms with Gasteiger partial charge in [-0.25, -0.2) is 4.39 Å². The lowest BCUT2D eigenvalue weighted by molar-refractivity contribution is -0.126. The highest BCUT2D eigenvalue weighted by molar-refractivity contribution is 5.78. The fourth-order valence-corrected chi connectivity index (χ4v) is 3.74. The molecular formula is C18H25FN2O3. The van der Waals surface area contributed by atoms with E-state index in [0.29, 0.717) is 25.3 Å². The average Bonchev–Trinajstić information content (AvgIpc) is 3.00. The predicted octanol–water partition coefficient (Wildman–Crippen LogP) is 1.30. The van der Waals surface area contributed by atoms with E-state index in [9.17, 15) is 14.3 Å². The second-order valence-electron chi connectivity index (χ2n) is 6.64. The maximum absolute atomic E-state index is 13.6. The number of nitrogens with one attached hydrogen (secondary N) is 1. The Hall–Kier alpha value is -1.50. The third kappa shape index (κ3) is 4.12. The zero-order valence-electron chi connectivity index (χ0n) is 13.8. The largest absolute Gasteiger partial charge is 0.393 e. The highest BCUT2D eigenvalue weighted by atomic mass is 19.1. The minimum absolute atomic E-state index is 0.0791. The van der Waals surface area contributed by atoms with Gasteiger partial charge in [-0.3, -0.25) is 9.69 Å². The van der Waals surface area contributed by atoms with Gasteiger partial charge in [-0.15, -0.1) is 0 Å². The summed E-state index contributed by atoms with van der Waals surface area (Å²) in [6, 6.07) is 6.52. The van der Waals surface area contributed by atoms with Gasteiger partial charge in [0, 0.05) is 30.6 Å². The van der Waals surface area contributed by atoms with Gasteiger partial charge in [0.2, 0.25) is 5.91 Å². The molecule has 1 saturated heterocycles. The van der Waals surface area contributed by atoms with E-state index in [1.165, 1.54) is 6.07 Å². The number of rotatable bonds is 5. The van der Waals surface area contributed by atoms with Crippen molar-refractivity contribution in [3.05, 3.63) is 35.6 Å². The Morgan fingerprint density at radius 3 is 2.96 bits per heavy atom. The van der Waals surface area contributed by atoms with Crippen molar-refractivity contribution in [1.82, 2.24) is 10.2 Å². The molecule has 0 unspecified atom stereocenters. The van der Waals surface area contributed by atoms with Crippen molar-refractivity contribution in [2.75, 3.05) is 26.3 Å². The third-order valence-electron chi connectivity index (χ3n) is 5.09. The highest BCUT2D eigenvalue weighted by Gasteiger charge is 2.38. The summed E-state index contributed by atoms with van der Waals surface area (Å²) >= 11 is 0. The molecule has 2 fully saturated rings. The van der Waals surface area contributed by atoms with Crippen LogP contribution in [0.3, 0.4) is 0 Å². The molecule has 2 N–H and O–H groups in total. The monoisotopic (exact) mass is 336 g/mol. The van der Waals surface area contributed by atoms with Crippen LogP contribution in [-0.4, -0.2) is 54.4 Å². The fourth-order valence-electron chi connectivity index (χ4n) is 3.74. The van der Waals surface area contributed by atoms with Crippen LogP contribution in [0.25, 0.3) is 0 Å². The lowest BCUT2D eigenvalue weighted by atomic mass is 9.94. The number of amides is 1. The number of aliphatic hydroxyl groups is 1. The van der Waals surface area contributed by atoms with Crippen molar-refractivity contribution in [1.29, 1.82) is 0 Å². The van der Waals surface area contributed by atoms with Gasteiger partial charge in [-0.1, -0.05) is 24.6 Å². The van der Waals surface area contributed by atoms with Crippen molar-refractivity contribution >= 4 is 5.91 Å². The molecule has 0 spiro atoms. The van der Waals surface area contributed by atoms with Crippen molar-refractivity contribution in [2.24, 2.45) is 5.92 Å². The van der Waals surface area contributed by atoms with Crippen LogP contribution in [0.1, 0.15) is 24.8 Å². The number of hydrogen-bond acceptors (Lipinski definition) is 4. The van der Waals surface area contributed by atoms with Crippen molar-refractivity contribution in [2.45, 2.75) is 38.0 Å². The quantitative estimate of drug-likeness (QED) is 0.851. The molecule has 1 aromatic rings. The van der Waals surface area contributed by atoms with E-state index in [2.05, 4.69) is 10.2 Å². The Bertz CT molecular complexity index is 569. The molecule has 5 nitrogen and oxygen atoms in total. The Labute approximate surface area is 141 Å². The van der Waals surface area contributed by atoms with Crippen molar-refractivity contribution in [3.63, 3.8) is 0 Å². The van der Waals surface area contributed by atoms with Crippen LogP contribution in [0, 0.1) is 11.7 Å². The molecule has 1 aromatic carbocycles. The molecule has 0 bridgehead atoms. The summed E-state index contributed by atoms with van der Waals surface area (Å²) in [5.74, 6) is -0.265. The Morgan fingerprint density at radius 2 is 2.21 bits per heavy atom.